The minimum Gasteiger partial charge on any atom is -0.493 e. The van der Waals surface area contributed by atoms with E-state index in [4.69, 9.17) is 14.5 Å². The van der Waals surface area contributed by atoms with E-state index >= 15 is 0 Å². The second kappa shape index (κ2) is 8.67. The van der Waals surface area contributed by atoms with E-state index in [0.717, 1.165) is 32.8 Å². The van der Waals surface area contributed by atoms with E-state index in [-0.39, 0.29) is 0 Å². The Bertz CT molecular complexity index is 1110. The summed E-state index contributed by atoms with van der Waals surface area (Å²) in [6, 6.07) is 15.9. The number of benzene rings is 2. The Balaban J connectivity index is 1.51. The topological polar surface area (TPSA) is 62.1 Å². The van der Waals surface area contributed by atoms with Crippen LogP contribution in [-0.2, 0) is 12.8 Å². The SMILES string of the molecule is COc1cccc(-c2nc(CSc3nnc(-c4ccccc4)n3C)cs2)c1OC. The lowest BCUT2D eigenvalue weighted by atomic mass is 10.2. The van der Waals surface area contributed by atoms with Gasteiger partial charge in [0.05, 0.1) is 25.5 Å². The maximum Gasteiger partial charge on any atom is 0.191 e. The molecule has 0 unspecified atom stereocenters. The van der Waals surface area contributed by atoms with Gasteiger partial charge in [-0.1, -0.05) is 48.2 Å². The molecule has 148 valence electrons. The number of rotatable bonds is 7. The molecule has 0 N–H and O–H groups in total. The van der Waals surface area contributed by atoms with Crippen LogP contribution in [0, 0.1) is 0 Å². The number of methoxy groups -OCH3 is 2. The van der Waals surface area contributed by atoms with Crippen LogP contribution in [0.15, 0.2) is 59.1 Å². The minimum absolute atomic E-state index is 0.698. The van der Waals surface area contributed by atoms with E-state index in [1.165, 1.54) is 0 Å². The Morgan fingerprint density at radius 2 is 1.83 bits per heavy atom. The van der Waals surface area contributed by atoms with Gasteiger partial charge in [-0.25, -0.2) is 4.98 Å². The molecule has 0 aliphatic rings. The molecule has 0 aliphatic heterocycles. The molecule has 2 aromatic carbocycles. The second-order valence-corrected chi connectivity index (χ2v) is 8.01. The molecule has 0 amide bonds. The number of hydrogen-bond donors (Lipinski definition) is 0. The zero-order valence-electron chi connectivity index (χ0n) is 16.3. The number of ether oxygens (including phenoxy) is 2. The van der Waals surface area contributed by atoms with E-state index in [2.05, 4.69) is 15.6 Å². The van der Waals surface area contributed by atoms with Crippen molar-refractivity contribution in [2.24, 2.45) is 7.05 Å². The lowest BCUT2D eigenvalue weighted by Crippen LogP contribution is -1.95. The molecule has 8 heteroatoms. The molecule has 4 rings (SSSR count). The number of hydrogen-bond acceptors (Lipinski definition) is 7. The Kier molecular flexibility index (Phi) is 5.82. The lowest BCUT2D eigenvalue weighted by molar-refractivity contribution is 0.356. The fourth-order valence-electron chi connectivity index (χ4n) is 2.97. The highest BCUT2D eigenvalue weighted by Crippen LogP contribution is 2.39. The van der Waals surface area contributed by atoms with Crippen molar-refractivity contribution in [2.45, 2.75) is 10.9 Å². The number of thioether (sulfide) groups is 1. The number of para-hydroxylation sites is 1. The standard InChI is InChI=1S/C21H20N4O2S2/c1-25-19(14-8-5-4-6-9-14)23-24-21(25)29-13-15-12-28-20(22-15)16-10-7-11-17(26-2)18(16)27-3/h4-12H,13H2,1-3H3. The van der Waals surface area contributed by atoms with Crippen LogP contribution in [0.4, 0.5) is 0 Å². The second-order valence-electron chi connectivity index (χ2n) is 6.20. The van der Waals surface area contributed by atoms with Gasteiger partial charge in [-0.3, -0.25) is 0 Å². The van der Waals surface area contributed by atoms with Crippen molar-refractivity contribution in [2.75, 3.05) is 14.2 Å². The van der Waals surface area contributed by atoms with Crippen molar-refractivity contribution in [1.82, 2.24) is 19.7 Å². The molecule has 0 fully saturated rings. The van der Waals surface area contributed by atoms with Crippen LogP contribution in [0.25, 0.3) is 22.0 Å². The van der Waals surface area contributed by atoms with Gasteiger partial charge in [-0.15, -0.1) is 21.5 Å². The Hall–Kier alpha value is -2.84. The first kappa shape index (κ1) is 19.5. The monoisotopic (exact) mass is 424 g/mol. The van der Waals surface area contributed by atoms with Gasteiger partial charge in [0.2, 0.25) is 0 Å². The number of aromatic nitrogens is 4. The Morgan fingerprint density at radius 1 is 1.00 bits per heavy atom. The van der Waals surface area contributed by atoms with Crippen molar-refractivity contribution < 1.29 is 9.47 Å². The summed E-state index contributed by atoms with van der Waals surface area (Å²) >= 11 is 3.21. The summed E-state index contributed by atoms with van der Waals surface area (Å²) < 4.78 is 12.9. The zero-order valence-corrected chi connectivity index (χ0v) is 18.0. The van der Waals surface area contributed by atoms with Crippen molar-refractivity contribution in [3.63, 3.8) is 0 Å². The van der Waals surface area contributed by atoms with E-state index < -0.39 is 0 Å². The predicted octanol–water partition coefficient (Wildman–Crippen LogP) is 4.92. The third-order valence-corrected chi connectivity index (χ3v) is 6.38. The first-order valence-electron chi connectivity index (χ1n) is 8.94. The molecule has 2 heterocycles. The summed E-state index contributed by atoms with van der Waals surface area (Å²) in [5.74, 6) is 2.96. The highest BCUT2D eigenvalue weighted by atomic mass is 32.2. The summed E-state index contributed by atoms with van der Waals surface area (Å²) in [5.41, 5.74) is 2.97. The van der Waals surface area contributed by atoms with Crippen molar-refractivity contribution in [1.29, 1.82) is 0 Å². The van der Waals surface area contributed by atoms with Gasteiger partial charge in [0.1, 0.15) is 5.01 Å². The predicted molar refractivity (Wildman–Crippen MR) is 117 cm³/mol. The Morgan fingerprint density at radius 3 is 2.59 bits per heavy atom. The largest absolute Gasteiger partial charge is 0.493 e. The van der Waals surface area contributed by atoms with E-state index in [9.17, 15) is 0 Å². The first-order valence-corrected chi connectivity index (χ1v) is 10.8. The van der Waals surface area contributed by atoms with Crippen molar-refractivity contribution >= 4 is 23.1 Å². The van der Waals surface area contributed by atoms with Gasteiger partial charge in [0.25, 0.3) is 0 Å². The number of nitrogens with zero attached hydrogens (tertiary/aromatic N) is 4. The molecule has 6 nitrogen and oxygen atoms in total. The molecule has 0 saturated heterocycles. The maximum atomic E-state index is 5.54. The average molecular weight is 425 g/mol. The summed E-state index contributed by atoms with van der Waals surface area (Å²) in [4.78, 5) is 4.78. The van der Waals surface area contributed by atoms with E-state index in [0.29, 0.717) is 17.3 Å². The van der Waals surface area contributed by atoms with Crippen molar-refractivity contribution in [3.8, 4) is 33.5 Å². The van der Waals surface area contributed by atoms with Gasteiger partial charge >= 0.3 is 0 Å². The number of thiazole rings is 1. The van der Waals surface area contributed by atoms with Crippen molar-refractivity contribution in [3.05, 3.63) is 59.6 Å². The van der Waals surface area contributed by atoms with Gasteiger partial charge in [-0.2, -0.15) is 0 Å². The zero-order chi connectivity index (χ0) is 20.2. The average Bonchev–Trinajstić information content (AvgIpc) is 3.38. The van der Waals surface area contributed by atoms with E-state index in [1.54, 1.807) is 37.3 Å². The van der Waals surface area contributed by atoms with Crippen LogP contribution in [0.5, 0.6) is 11.5 Å². The lowest BCUT2D eigenvalue weighted by Gasteiger charge is -2.10. The smallest absolute Gasteiger partial charge is 0.191 e. The molecule has 0 atom stereocenters. The molecule has 4 aromatic rings. The van der Waals surface area contributed by atoms with Gasteiger partial charge < -0.3 is 14.0 Å². The highest BCUT2D eigenvalue weighted by Gasteiger charge is 2.16. The minimum atomic E-state index is 0.698. The summed E-state index contributed by atoms with van der Waals surface area (Å²) in [7, 11) is 5.26. The van der Waals surface area contributed by atoms with Crippen LogP contribution < -0.4 is 9.47 Å². The highest BCUT2D eigenvalue weighted by molar-refractivity contribution is 7.98. The molecule has 2 aromatic heterocycles. The van der Waals surface area contributed by atoms with Gasteiger partial charge in [0.15, 0.2) is 22.5 Å². The normalized spacial score (nSPS) is 10.9. The van der Waals surface area contributed by atoms with Crippen LogP contribution >= 0.6 is 23.1 Å². The van der Waals surface area contributed by atoms with Gasteiger partial charge in [0, 0.05) is 23.7 Å². The molecule has 29 heavy (non-hydrogen) atoms. The third kappa shape index (κ3) is 3.99. The third-order valence-electron chi connectivity index (χ3n) is 4.40. The van der Waals surface area contributed by atoms with Crippen LogP contribution in [0.2, 0.25) is 0 Å². The van der Waals surface area contributed by atoms with E-state index in [1.807, 2.05) is 60.1 Å². The molecule has 0 bridgehead atoms. The maximum absolute atomic E-state index is 5.54. The quantitative estimate of drug-likeness (QED) is 0.393. The molecule has 0 aliphatic carbocycles. The van der Waals surface area contributed by atoms with Crippen LogP contribution in [0.1, 0.15) is 5.69 Å². The first-order chi connectivity index (χ1) is 14.2. The molecule has 0 radical (unpaired) electrons. The molecular formula is C21H20N4O2S2. The van der Waals surface area contributed by atoms with Gasteiger partial charge in [-0.05, 0) is 12.1 Å². The molecule has 0 spiro atoms. The summed E-state index contributed by atoms with van der Waals surface area (Å²) in [5, 5.41) is 12.5. The molecule has 0 saturated carbocycles. The fraction of sp³-hybridized carbons (Fsp3) is 0.190. The summed E-state index contributed by atoms with van der Waals surface area (Å²) in [6.07, 6.45) is 0. The molecular weight excluding hydrogens is 404 g/mol. The van der Waals surface area contributed by atoms with Crippen LogP contribution in [0.3, 0.4) is 0 Å². The Labute approximate surface area is 177 Å². The summed E-state index contributed by atoms with van der Waals surface area (Å²) in [6.45, 7) is 0. The van der Waals surface area contributed by atoms with Crippen LogP contribution in [-0.4, -0.2) is 34.0 Å². The fourth-order valence-corrected chi connectivity index (χ4v) is 4.72.